The van der Waals surface area contributed by atoms with Gasteiger partial charge in [-0.3, -0.25) is 4.79 Å². The first-order chi connectivity index (χ1) is 13.6. The summed E-state index contributed by atoms with van der Waals surface area (Å²) < 4.78 is 1.73. The molecule has 4 rings (SSSR count). The Morgan fingerprint density at radius 3 is 2.61 bits per heavy atom. The second-order valence-electron chi connectivity index (χ2n) is 7.41. The molecule has 1 saturated carbocycles. The first kappa shape index (κ1) is 18.6. The van der Waals surface area contributed by atoms with E-state index in [1.165, 1.54) is 5.56 Å². The number of aryl methyl sites for hydroxylation is 2. The van der Waals surface area contributed by atoms with E-state index in [0.717, 1.165) is 48.7 Å². The van der Waals surface area contributed by atoms with Gasteiger partial charge in [-0.05, 0) is 50.7 Å². The molecule has 1 fully saturated rings. The van der Waals surface area contributed by atoms with Crippen LogP contribution in [0.4, 0.5) is 0 Å². The Hall–Kier alpha value is -2.80. The molecule has 0 unspecified atom stereocenters. The highest BCUT2D eigenvalue weighted by atomic mass is 16.3. The number of aromatic nitrogens is 4. The van der Waals surface area contributed by atoms with Gasteiger partial charge in [-0.2, -0.15) is 9.78 Å². The minimum atomic E-state index is -0.239. The first-order valence-corrected chi connectivity index (χ1v) is 9.85. The van der Waals surface area contributed by atoms with Crippen LogP contribution < -0.4 is 5.32 Å². The molecular weight excluding hydrogens is 354 g/mol. The molecule has 1 aromatic carbocycles. The van der Waals surface area contributed by atoms with Crippen molar-refractivity contribution in [1.29, 1.82) is 0 Å². The summed E-state index contributed by atoms with van der Waals surface area (Å²) >= 11 is 0. The molecule has 1 aliphatic carbocycles. The zero-order chi connectivity index (χ0) is 19.7. The van der Waals surface area contributed by atoms with Gasteiger partial charge < -0.3 is 10.4 Å². The Morgan fingerprint density at radius 2 is 1.93 bits per heavy atom. The van der Waals surface area contributed by atoms with Crippen LogP contribution in [0.25, 0.3) is 16.9 Å². The number of aliphatic hydroxyl groups excluding tert-OH is 1. The Labute approximate surface area is 163 Å². The number of carbonyl (C=O) groups is 1. The van der Waals surface area contributed by atoms with Crippen LogP contribution in [-0.4, -0.2) is 42.9 Å². The summed E-state index contributed by atoms with van der Waals surface area (Å²) in [6.45, 7) is 4.11. The Morgan fingerprint density at radius 1 is 1.21 bits per heavy atom. The number of carbonyl (C=O) groups excluding carboxylic acids is 1. The Kier molecular flexibility index (Phi) is 5.09. The minimum Gasteiger partial charge on any atom is -0.393 e. The number of hydrogen-bond acceptors (Lipinski definition) is 5. The lowest BCUT2D eigenvalue weighted by atomic mass is 9.93. The van der Waals surface area contributed by atoms with E-state index >= 15 is 0 Å². The van der Waals surface area contributed by atoms with Gasteiger partial charge in [-0.1, -0.05) is 19.1 Å². The van der Waals surface area contributed by atoms with Crippen molar-refractivity contribution in [3.05, 3.63) is 47.4 Å². The molecule has 2 aromatic heterocycles. The van der Waals surface area contributed by atoms with Crippen LogP contribution in [0.15, 0.2) is 30.6 Å². The molecule has 7 heteroatoms. The van der Waals surface area contributed by atoms with Crippen molar-refractivity contribution in [3.63, 3.8) is 0 Å². The highest BCUT2D eigenvalue weighted by molar-refractivity contribution is 5.93. The van der Waals surface area contributed by atoms with Gasteiger partial charge in [0.15, 0.2) is 0 Å². The lowest BCUT2D eigenvalue weighted by Crippen LogP contribution is -2.38. The van der Waals surface area contributed by atoms with Gasteiger partial charge in [0.2, 0.25) is 0 Å². The van der Waals surface area contributed by atoms with Gasteiger partial charge in [-0.25, -0.2) is 9.97 Å². The topological polar surface area (TPSA) is 92.9 Å². The molecule has 7 nitrogen and oxygen atoms in total. The summed E-state index contributed by atoms with van der Waals surface area (Å²) in [5.74, 6) is 0.270. The predicted octanol–water partition coefficient (Wildman–Crippen LogP) is 2.72. The zero-order valence-corrected chi connectivity index (χ0v) is 16.2. The highest BCUT2D eigenvalue weighted by Gasteiger charge is 2.22. The van der Waals surface area contributed by atoms with Gasteiger partial charge in [0.1, 0.15) is 0 Å². The van der Waals surface area contributed by atoms with Crippen LogP contribution in [0.3, 0.4) is 0 Å². The molecule has 2 heterocycles. The molecule has 3 aromatic rings. The normalized spacial score (nSPS) is 19.7. The molecule has 0 atom stereocenters. The summed E-state index contributed by atoms with van der Waals surface area (Å²) in [5.41, 5.74) is 3.58. The number of hydrogen-bond donors (Lipinski definition) is 2. The highest BCUT2D eigenvalue weighted by Crippen LogP contribution is 2.24. The summed E-state index contributed by atoms with van der Waals surface area (Å²) in [5, 5.41) is 18.3. The number of aliphatic hydroxyl groups is 1. The van der Waals surface area contributed by atoms with Crippen LogP contribution in [0.2, 0.25) is 0 Å². The second-order valence-corrected chi connectivity index (χ2v) is 7.41. The van der Waals surface area contributed by atoms with Crippen molar-refractivity contribution < 1.29 is 9.90 Å². The number of fused-ring (bicyclic) bond motifs is 1. The third-order valence-corrected chi connectivity index (χ3v) is 5.47. The molecule has 0 bridgehead atoms. The average Bonchev–Trinajstić information content (AvgIpc) is 3.07. The summed E-state index contributed by atoms with van der Waals surface area (Å²) in [6.07, 6.45) is 6.83. The summed E-state index contributed by atoms with van der Waals surface area (Å²) in [6, 6.07) is 6.23. The quantitative estimate of drug-likeness (QED) is 0.727. The monoisotopic (exact) mass is 379 g/mol. The largest absolute Gasteiger partial charge is 0.393 e. The molecular formula is C21H25N5O2. The fraction of sp³-hybridized carbons (Fsp3) is 0.429. The van der Waals surface area contributed by atoms with E-state index in [2.05, 4.69) is 33.4 Å². The van der Waals surface area contributed by atoms with Crippen LogP contribution in [-0.2, 0) is 6.42 Å². The molecule has 146 valence electrons. The zero-order valence-electron chi connectivity index (χ0n) is 16.2. The van der Waals surface area contributed by atoms with Crippen LogP contribution in [0.5, 0.6) is 0 Å². The van der Waals surface area contributed by atoms with Gasteiger partial charge >= 0.3 is 0 Å². The number of nitrogens with zero attached hydrogens (tertiary/aromatic N) is 4. The van der Waals surface area contributed by atoms with E-state index in [-0.39, 0.29) is 18.1 Å². The first-order valence-electron chi connectivity index (χ1n) is 9.85. The number of benzene rings is 1. The van der Waals surface area contributed by atoms with Crippen LogP contribution in [0.1, 0.15) is 54.2 Å². The smallest absolute Gasteiger partial charge is 0.254 e. The van der Waals surface area contributed by atoms with Gasteiger partial charge in [0, 0.05) is 23.8 Å². The lowest BCUT2D eigenvalue weighted by molar-refractivity contribution is 0.0867. The average molecular weight is 379 g/mol. The van der Waals surface area contributed by atoms with E-state index in [9.17, 15) is 9.90 Å². The molecule has 0 aliphatic heterocycles. The predicted molar refractivity (Wildman–Crippen MR) is 107 cm³/mol. The summed E-state index contributed by atoms with van der Waals surface area (Å²) in [7, 11) is 0. The van der Waals surface area contributed by atoms with Gasteiger partial charge in [0.25, 0.3) is 11.9 Å². The minimum absolute atomic E-state index is 0.0979. The molecule has 0 radical (unpaired) electrons. The maximum absolute atomic E-state index is 12.5. The fourth-order valence-corrected chi connectivity index (χ4v) is 3.92. The fourth-order valence-electron chi connectivity index (χ4n) is 3.92. The molecule has 28 heavy (non-hydrogen) atoms. The lowest BCUT2D eigenvalue weighted by Gasteiger charge is -2.26. The standard InChI is InChI=1S/C21H25N5O2/c1-3-14-5-4-6-18-19(14)13(2)25-26(18)21-22-11-15(12-23-21)20(28)24-16-7-9-17(27)10-8-16/h4-6,11-12,16-17,27H,3,7-10H2,1-2H3,(H,24,28). The molecule has 0 saturated heterocycles. The molecule has 1 aliphatic rings. The van der Waals surface area contributed by atoms with Gasteiger partial charge in [0.05, 0.1) is 22.9 Å². The SMILES string of the molecule is CCc1cccc2c1c(C)nn2-c1ncc(C(=O)NC2CCC(O)CC2)cn1. The van der Waals surface area contributed by atoms with Crippen LogP contribution in [0, 0.1) is 6.92 Å². The van der Waals surface area contributed by atoms with E-state index < -0.39 is 0 Å². The number of amides is 1. The van der Waals surface area contributed by atoms with Crippen molar-refractivity contribution in [2.24, 2.45) is 0 Å². The van der Waals surface area contributed by atoms with Crippen molar-refractivity contribution in [2.45, 2.75) is 58.1 Å². The maximum atomic E-state index is 12.5. The third-order valence-electron chi connectivity index (χ3n) is 5.47. The van der Waals surface area contributed by atoms with Crippen molar-refractivity contribution in [2.75, 3.05) is 0 Å². The van der Waals surface area contributed by atoms with Crippen molar-refractivity contribution in [3.8, 4) is 5.95 Å². The van der Waals surface area contributed by atoms with Gasteiger partial charge in [-0.15, -0.1) is 0 Å². The number of rotatable bonds is 4. The van der Waals surface area contributed by atoms with Crippen molar-refractivity contribution in [1.82, 2.24) is 25.1 Å². The molecule has 2 N–H and O–H groups in total. The summed E-state index contributed by atoms with van der Waals surface area (Å²) in [4.78, 5) is 21.2. The van der Waals surface area contributed by atoms with Crippen molar-refractivity contribution >= 4 is 16.8 Å². The molecule has 1 amide bonds. The van der Waals surface area contributed by atoms with Crippen LogP contribution >= 0.6 is 0 Å². The molecule has 0 spiro atoms. The van der Waals surface area contributed by atoms with E-state index in [1.807, 2.05) is 19.1 Å². The Balaban J connectivity index is 1.55. The van der Waals surface area contributed by atoms with E-state index in [1.54, 1.807) is 17.1 Å². The van der Waals surface area contributed by atoms with E-state index in [0.29, 0.717) is 11.5 Å². The maximum Gasteiger partial charge on any atom is 0.254 e. The Bertz CT molecular complexity index is 988. The number of nitrogens with one attached hydrogen (secondary N) is 1. The second kappa shape index (κ2) is 7.67. The third kappa shape index (κ3) is 3.49. The van der Waals surface area contributed by atoms with E-state index in [4.69, 9.17) is 0 Å².